The maximum absolute atomic E-state index is 13.4. The largest absolute Gasteiger partial charge is 0.455 e. The van der Waals surface area contributed by atoms with Gasteiger partial charge in [0.25, 0.3) is 17.8 Å². The fourth-order valence-electron chi connectivity index (χ4n) is 8.74. The molecule has 0 fully saturated rings. The van der Waals surface area contributed by atoms with Gasteiger partial charge in [0, 0.05) is 58.2 Å². The van der Waals surface area contributed by atoms with E-state index in [0.717, 1.165) is 0 Å². The Bertz CT molecular complexity index is 2820. The van der Waals surface area contributed by atoms with E-state index >= 15 is 0 Å². The van der Waals surface area contributed by atoms with Crippen LogP contribution in [0.25, 0.3) is 0 Å². The van der Waals surface area contributed by atoms with Crippen LogP contribution in [0.4, 0.5) is 158 Å². The van der Waals surface area contributed by atoms with Gasteiger partial charge in [-0.3, -0.25) is 0 Å². The van der Waals surface area contributed by atoms with E-state index in [1.165, 1.54) is 27.7 Å². The van der Waals surface area contributed by atoms with Crippen molar-refractivity contribution in [1.29, 1.82) is 0 Å². The van der Waals surface area contributed by atoms with Crippen LogP contribution in [0.1, 0.15) is 66.2 Å². The summed E-state index contributed by atoms with van der Waals surface area (Å²) in [5.41, 5.74) is -4.19. The smallest absolute Gasteiger partial charge is 0.396 e. The average Bonchev–Trinajstić information content (AvgIpc) is 0.808. The molecule has 0 radical (unpaired) electrons. The van der Waals surface area contributed by atoms with Crippen molar-refractivity contribution in [2.45, 2.75) is 151 Å². The minimum absolute atomic E-state index is 0.0106. The molecule has 0 amide bonds. The van der Waals surface area contributed by atoms with Gasteiger partial charge >= 0.3 is 67.2 Å². The lowest BCUT2D eigenvalue weighted by Gasteiger charge is -2.27. The zero-order valence-corrected chi connectivity index (χ0v) is 71.6. The summed E-state index contributed by atoms with van der Waals surface area (Å²) in [6, 6.07) is 0. The van der Waals surface area contributed by atoms with Crippen molar-refractivity contribution >= 4 is 0 Å². The van der Waals surface area contributed by atoms with E-state index < -0.39 is 294 Å². The van der Waals surface area contributed by atoms with E-state index in [1.807, 2.05) is 0 Å². The van der Waals surface area contributed by atoms with Gasteiger partial charge in [-0.2, -0.15) is 132 Å². The predicted octanol–water partition coefficient (Wildman–Crippen LogP) is 13.3. The molecule has 60 heteroatoms. The molecule has 0 aromatic heterocycles. The zero-order chi connectivity index (χ0) is 103. The Kier molecular flexibility index (Phi) is 65.4. The molecule has 0 aliphatic rings. The van der Waals surface area contributed by atoms with Crippen LogP contribution in [0.2, 0.25) is 0 Å². The first-order valence-electron chi connectivity index (χ1n) is 38.9. The predicted molar refractivity (Wildman–Crippen MR) is 382 cm³/mol. The Morgan fingerprint density at radius 1 is 0.182 bits per heavy atom. The van der Waals surface area contributed by atoms with Crippen molar-refractivity contribution in [3.63, 3.8) is 0 Å². The second-order valence-electron chi connectivity index (χ2n) is 31.3. The van der Waals surface area contributed by atoms with Crippen LogP contribution in [0.5, 0.6) is 0 Å². The van der Waals surface area contributed by atoms with E-state index in [0.29, 0.717) is 0 Å². The number of ether oxygens (including phenoxy) is 16. The van der Waals surface area contributed by atoms with Crippen molar-refractivity contribution in [1.82, 2.24) is 0 Å². The van der Waals surface area contributed by atoms with Gasteiger partial charge in [-0.1, -0.05) is 27.7 Å². The second kappa shape index (κ2) is 64.1. The highest BCUT2D eigenvalue weighted by molar-refractivity contribution is 4.85. The highest BCUT2D eigenvalue weighted by atomic mass is 19.5. The maximum atomic E-state index is 13.4. The monoisotopic (exact) mass is 2050 g/mol. The molecule has 0 aromatic rings. The Balaban J connectivity index is -0.000000834. The van der Waals surface area contributed by atoms with Gasteiger partial charge in [0.05, 0.1) is 244 Å². The molecule has 132 heavy (non-hydrogen) atoms. The van der Waals surface area contributed by atoms with Gasteiger partial charge in [-0.25, -0.2) is 26.3 Å². The molecule has 8 N–H and O–H groups in total. The fraction of sp³-hybridized carbons (Fsp3) is 1.00. The van der Waals surface area contributed by atoms with Gasteiger partial charge in [-0.05, 0) is 0 Å². The molecule has 0 aliphatic heterocycles. The number of hydrogen-bond acceptors (Lipinski definition) is 24. The summed E-state index contributed by atoms with van der Waals surface area (Å²) < 4.78 is 524. The molecule has 0 rings (SSSR count). The standard InChI is InChI=1S/C21H32F12O6.C19H30F10O6.C17H28F8O6.C15H26F6O6/c1-16(11-35,12-37-3-2-17(22,23)10-20(28,29)30)13-38-5-4-36-7-15(6-34)8-39-14-18(24,25)9-19(26,27)21(31,32)33;1-15(10-31,11-33-3-2-17(22,23)19(27,28)29)12-34-5-4-32-7-14(6-30)8-35-13-16(20,21)9-18(24,25)26;1-14(9-27,10-29-3-2-16(20,21)22)11-30-5-4-28-7-13(6-26)8-31-12-15(18,19)17(23,24)25;1-13(7-23,9-27-11-15(19,20)21)8-25-3-2-24-5-12(4-22)6-26-10-14(16,17)18/h15,34-35H,2-14H2,1H3;14,30-31H,2-13H2,1H3;13,26-27H,2-12H2,1H3;12,22-23H,2-11H2,1H3. The van der Waals surface area contributed by atoms with Crippen molar-refractivity contribution in [3.05, 3.63) is 0 Å². The molecule has 0 spiro atoms. The summed E-state index contributed by atoms with van der Waals surface area (Å²) in [7, 11) is 0. The van der Waals surface area contributed by atoms with Crippen LogP contribution in [-0.2, 0) is 75.8 Å². The molecule has 0 saturated carbocycles. The van der Waals surface area contributed by atoms with Crippen LogP contribution in [0, 0.1) is 45.3 Å². The van der Waals surface area contributed by atoms with Crippen molar-refractivity contribution in [3.8, 4) is 0 Å². The number of alkyl halides is 36. The molecular weight excluding hydrogens is 1930 g/mol. The van der Waals surface area contributed by atoms with Crippen LogP contribution < -0.4 is 0 Å². The first-order valence-corrected chi connectivity index (χ1v) is 38.9. The molecule has 800 valence electrons. The summed E-state index contributed by atoms with van der Waals surface area (Å²) in [4.78, 5) is 0. The van der Waals surface area contributed by atoms with Crippen molar-refractivity contribution < 1.29 is 275 Å². The lowest BCUT2D eigenvalue weighted by molar-refractivity contribution is -0.303. The molecule has 8 atom stereocenters. The summed E-state index contributed by atoms with van der Waals surface area (Å²) in [5.74, 6) is -31.4. The van der Waals surface area contributed by atoms with Gasteiger partial charge < -0.3 is 117 Å². The van der Waals surface area contributed by atoms with Crippen LogP contribution in [-0.4, -0.2) is 390 Å². The van der Waals surface area contributed by atoms with Gasteiger partial charge in [0.1, 0.15) is 45.9 Å². The number of aliphatic hydroxyl groups excluding tert-OH is 8. The van der Waals surface area contributed by atoms with Crippen LogP contribution in [0.15, 0.2) is 0 Å². The lowest BCUT2D eigenvalue weighted by Crippen LogP contribution is -2.43. The average molecular weight is 2050 g/mol. The molecule has 0 heterocycles. The molecule has 8 unspecified atom stereocenters. The topological polar surface area (TPSA) is 310 Å². The lowest BCUT2D eigenvalue weighted by atomic mass is 9.94. The van der Waals surface area contributed by atoms with E-state index in [4.69, 9.17) is 62.3 Å². The summed E-state index contributed by atoms with van der Waals surface area (Å²) in [6.45, 7) is -13.2. The van der Waals surface area contributed by atoms with Gasteiger partial charge in [-0.15, -0.1) is 0 Å². The minimum atomic E-state index is -6.15. The van der Waals surface area contributed by atoms with E-state index in [2.05, 4.69) is 23.7 Å². The van der Waals surface area contributed by atoms with Crippen molar-refractivity contribution in [2.75, 3.05) is 264 Å². The summed E-state index contributed by atoms with van der Waals surface area (Å²) >= 11 is 0. The third kappa shape index (κ3) is 73.6. The maximum Gasteiger partial charge on any atom is 0.455 e. The minimum Gasteiger partial charge on any atom is -0.396 e. The van der Waals surface area contributed by atoms with Crippen LogP contribution in [0.3, 0.4) is 0 Å². The van der Waals surface area contributed by atoms with Gasteiger partial charge in [0.2, 0.25) is 0 Å². The highest BCUT2D eigenvalue weighted by Crippen LogP contribution is 2.44. The third-order valence-corrected chi connectivity index (χ3v) is 16.3. The number of halogens is 36. The molecule has 0 bridgehead atoms. The first-order chi connectivity index (χ1) is 60.0. The number of rotatable bonds is 72. The number of hydrogen-bond donors (Lipinski definition) is 8. The summed E-state index contributed by atoms with van der Waals surface area (Å²) in [6.07, 6.45) is -52.3. The SMILES string of the molecule is CC(CO)(COCCOCC(CO)COCC(F)(F)C(F)(F)F)COCCC(F)(F)F.CC(CO)(COCCOCC(CO)COCC(F)(F)CC(F)(F)C(F)(F)F)COCCC(F)(F)CC(F)(F)F.CC(CO)(COCCOCC(CO)COCC(F)(F)CC(F)(F)F)COCCC(F)(F)C(F)(F)F.CC(CO)(COCCOCC(CO)COCC(F)(F)F)COCC(F)(F)F. The van der Waals surface area contributed by atoms with Crippen LogP contribution >= 0.6 is 0 Å². The fourth-order valence-corrected chi connectivity index (χ4v) is 8.74. The molecule has 0 aromatic carbocycles. The second-order valence-corrected chi connectivity index (χ2v) is 31.3. The zero-order valence-electron chi connectivity index (χ0n) is 71.6. The molecule has 0 aliphatic carbocycles. The Hall–Kier alpha value is -3.48. The van der Waals surface area contributed by atoms with E-state index in [9.17, 15) is 189 Å². The highest BCUT2D eigenvalue weighted by Gasteiger charge is 2.62. The van der Waals surface area contributed by atoms with E-state index in [1.54, 1.807) is 0 Å². The molecule has 24 nitrogen and oxygen atoms in total. The Morgan fingerprint density at radius 3 is 0.659 bits per heavy atom. The molecule has 0 saturated heterocycles. The Morgan fingerprint density at radius 2 is 0.402 bits per heavy atom. The van der Waals surface area contributed by atoms with Crippen molar-refractivity contribution in [2.24, 2.45) is 45.3 Å². The first kappa shape index (κ1) is 135. The molecular formula is C72H116F36O24. The van der Waals surface area contributed by atoms with E-state index in [-0.39, 0.29) is 139 Å². The normalized spacial score (nSPS) is 16.4. The quantitative estimate of drug-likeness (QED) is 0.0207. The third-order valence-electron chi connectivity index (χ3n) is 16.3. The Labute approximate surface area is 734 Å². The van der Waals surface area contributed by atoms with Gasteiger partial charge in [0.15, 0.2) is 0 Å². The summed E-state index contributed by atoms with van der Waals surface area (Å²) in [5, 5.41) is 74.0. The number of aliphatic hydroxyl groups is 8.